The van der Waals surface area contributed by atoms with E-state index in [1.54, 1.807) is 31.6 Å². The lowest BCUT2D eigenvalue weighted by Crippen LogP contribution is -2.18. The molecule has 0 unspecified atom stereocenters. The van der Waals surface area contributed by atoms with Crippen molar-refractivity contribution < 1.29 is 14.4 Å². The van der Waals surface area contributed by atoms with Gasteiger partial charge in [0.25, 0.3) is 0 Å². The van der Waals surface area contributed by atoms with Gasteiger partial charge in [0, 0.05) is 19.4 Å². The molecule has 8 heteroatoms. The van der Waals surface area contributed by atoms with E-state index in [0.717, 1.165) is 0 Å². The smallest absolute Gasteiger partial charge is 0.206 e. The third-order valence-corrected chi connectivity index (χ3v) is 2.62. The molecule has 2 rings (SSSR count). The van der Waals surface area contributed by atoms with Gasteiger partial charge in [0.2, 0.25) is 5.78 Å². The van der Waals surface area contributed by atoms with Gasteiger partial charge in [0.15, 0.2) is 18.1 Å². The predicted octanol–water partition coefficient (Wildman–Crippen LogP) is 0.343. The minimum Gasteiger partial charge on any atom is -0.494 e. The van der Waals surface area contributed by atoms with Crippen LogP contribution in [-0.2, 0) is 11.9 Å². The highest BCUT2D eigenvalue weighted by atomic mass is 16.6. The van der Waals surface area contributed by atoms with E-state index in [1.807, 2.05) is 0 Å². The number of aryl methyl sites for hydroxylation is 1. The minimum absolute atomic E-state index is 0.0337. The number of nitrogens with zero attached hydrogens (tertiary/aromatic N) is 4. The van der Waals surface area contributed by atoms with Crippen LogP contribution in [0, 0.1) is 0 Å². The molecule has 0 aliphatic heterocycles. The number of nitrogens with two attached hydrogens (primary N) is 1. The second-order valence-electron chi connectivity index (χ2n) is 4.13. The van der Waals surface area contributed by atoms with E-state index in [9.17, 15) is 4.79 Å². The van der Waals surface area contributed by atoms with Crippen LogP contribution in [-0.4, -0.2) is 40.1 Å². The molecule has 0 aliphatic rings. The number of aromatic nitrogens is 3. The lowest BCUT2D eigenvalue weighted by atomic mass is 10.2. The average molecular weight is 289 g/mol. The summed E-state index contributed by atoms with van der Waals surface area (Å²) in [6, 6.07) is 3.41. The van der Waals surface area contributed by atoms with Gasteiger partial charge in [-0.15, -0.1) is 0 Å². The predicted molar refractivity (Wildman–Crippen MR) is 75.0 cm³/mol. The summed E-state index contributed by atoms with van der Waals surface area (Å²) in [6.07, 6.45) is 4.61. The molecule has 110 valence electrons. The van der Waals surface area contributed by atoms with Crippen molar-refractivity contribution in [3.63, 3.8) is 0 Å². The number of hydrogen-bond acceptors (Lipinski definition) is 6. The van der Waals surface area contributed by atoms with Crippen molar-refractivity contribution in [3.8, 4) is 5.75 Å². The zero-order valence-electron chi connectivity index (χ0n) is 11.7. The fourth-order valence-corrected chi connectivity index (χ4v) is 1.60. The number of carbonyl (C=O) groups is 1. The molecule has 0 aromatic carbocycles. The number of ether oxygens (including phenoxy) is 1. The molecule has 0 saturated heterocycles. The Labute approximate surface area is 121 Å². The molecule has 0 spiro atoms. The Balaban J connectivity index is 1.99. The van der Waals surface area contributed by atoms with Crippen LogP contribution in [0.4, 0.5) is 0 Å². The lowest BCUT2D eigenvalue weighted by Gasteiger charge is -2.05. The Kier molecular flexibility index (Phi) is 4.50. The SMILES string of the molecule is COc1cccnc1C(N)=NOCC(=O)c1cnn(C)c1. The van der Waals surface area contributed by atoms with Crippen LogP contribution in [0.15, 0.2) is 35.9 Å². The molecule has 0 atom stereocenters. The van der Waals surface area contributed by atoms with Gasteiger partial charge in [0.05, 0.1) is 18.9 Å². The quantitative estimate of drug-likeness (QED) is 0.356. The Morgan fingerprint density at radius 3 is 3.00 bits per heavy atom. The third kappa shape index (κ3) is 3.56. The molecule has 21 heavy (non-hydrogen) atoms. The second kappa shape index (κ2) is 6.51. The standard InChI is InChI=1S/C13H15N5O3/c1-18-7-9(6-16-18)10(19)8-21-17-13(14)12-11(20-2)4-3-5-15-12/h3-7H,8H2,1-2H3,(H2,14,17). The maximum atomic E-state index is 11.8. The number of amidine groups is 1. The van der Waals surface area contributed by atoms with Crippen LogP contribution < -0.4 is 10.5 Å². The normalized spacial score (nSPS) is 11.2. The van der Waals surface area contributed by atoms with E-state index < -0.39 is 0 Å². The van der Waals surface area contributed by atoms with Crippen molar-refractivity contribution in [2.75, 3.05) is 13.7 Å². The van der Waals surface area contributed by atoms with Crippen molar-refractivity contribution in [3.05, 3.63) is 42.0 Å². The summed E-state index contributed by atoms with van der Waals surface area (Å²) in [5.41, 5.74) is 6.56. The van der Waals surface area contributed by atoms with Crippen LogP contribution in [0.25, 0.3) is 0 Å². The first-order chi connectivity index (χ1) is 10.1. The van der Waals surface area contributed by atoms with Crippen LogP contribution >= 0.6 is 0 Å². The average Bonchev–Trinajstić information content (AvgIpc) is 2.93. The molecule has 0 fully saturated rings. The van der Waals surface area contributed by atoms with Crippen LogP contribution in [0.2, 0.25) is 0 Å². The van der Waals surface area contributed by atoms with Crippen LogP contribution in [0.5, 0.6) is 5.75 Å². The highest BCUT2D eigenvalue weighted by Gasteiger charge is 2.11. The fraction of sp³-hybridized carbons (Fsp3) is 0.231. The monoisotopic (exact) mass is 289 g/mol. The summed E-state index contributed by atoms with van der Waals surface area (Å²) in [6.45, 7) is -0.235. The first kappa shape index (κ1) is 14.5. The third-order valence-electron chi connectivity index (χ3n) is 2.62. The van der Waals surface area contributed by atoms with E-state index in [1.165, 1.54) is 18.0 Å². The molecule has 2 aromatic rings. The molecular weight excluding hydrogens is 274 g/mol. The fourth-order valence-electron chi connectivity index (χ4n) is 1.60. The number of pyridine rings is 1. The van der Waals surface area contributed by atoms with Gasteiger partial charge in [-0.2, -0.15) is 5.10 Å². The van der Waals surface area contributed by atoms with Gasteiger partial charge in [-0.25, -0.2) is 4.98 Å². The number of hydrogen-bond donors (Lipinski definition) is 1. The van der Waals surface area contributed by atoms with Crippen molar-refractivity contribution in [2.24, 2.45) is 17.9 Å². The van der Waals surface area contributed by atoms with Gasteiger partial charge >= 0.3 is 0 Å². The van der Waals surface area contributed by atoms with Crippen molar-refractivity contribution in [1.82, 2.24) is 14.8 Å². The Morgan fingerprint density at radius 2 is 2.33 bits per heavy atom. The van der Waals surface area contributed by atoms with Gasteiger partial charge < -0.3 is 15.3 Å². The number of ketones is 1. The Morgan fingerprint density at radius 1 is 1.52 bits per heavy atom. The minimum atomic E-state index is -0.243. The molecule has 0 bridgehead atoms. The Hall–Kier alpha value is -2.90. The highest BCUT2D eigenvalue weighted by Crippen LogP contribution is 2.13. The van der Waals surface area contributed by atoms with Gasteiger partial charge in [-0.05, 0) is 12.1 Å². The molecule has 0 amide bonds. The highest BCUT2D eigenvalue weighted by molar-refractivity contribution is 5.98. The number of carbonyl (C=O) groups excluding carboxylic acids is 1. The van der Waals surface area contributed by atoms with E-state index >= 15 is 0 Å². The van der Waals surface area contributed by atoms with Crippen molar-refractivity contribution >= 4 is 11.6 Å². The maximum absolute atomic E-state index is 11.8. The molecule has 8 nitrogen and oxygen atoms in total. The molecule has 2 N–H and O–H groups in total. The van der Waals surface area contributed by atoms with Crippen LogP contribution in [0.3, 0.4) is 0 Å². The number of rotatable bonds is 6. The summed E-state index contributed by atoms with van der Waals surface area (Å²) in [7, 11) is 3.22. The van der Waals surface area contributed by atoms with Crippen LogP contribution in [0.1, 0.15) is 16.1 Å². The first-order valence-electron chi connectivity index (χ1n) is 6.08. The summed E-state index contributed by atoms with van der Waals surface area (Å²) in [4.78, 5) is 20.8. The number of oxime groups is 1. The van der Waals surface area contributed by atoms with Crippen molar-refractivity contribution in [2.45, 2.75) is 0 Å². The molecule has 0 saturated carbocycles. The largest absolute Gasteiger partial charge is 0.494 e. The van der Waals surface area contributed by atoms with E-state index in [4.69, 9.17) is 15.3 Å². The topological polar surface area (TPSA) is 105 Å². The second-order valence-corrected chi connectivity index (χ2v) is 4.13. The summed E-state index contributed by atoms with van der Waals surface area (Å²) in [5, 5.41) is 7.58. The van der Waals surface area contributed by atoms with Gasteiger partial charge in [0.1, 0.15) is 5.75 Å². The number of Topliss-reactive ketones (excluding diaryl/α,β-unsaturated/α-hetero) is 1. The zero-order valence-corrected chi connectivity index (χ0v) is 11.7. The maximum Gasteiger partial charge on any atom is 0.206 e. The summed E-state index contributed by atoms with van der Waals surface area (Å²) in [5.74, 6) is 0.264. The summed E-state index contributed by atoms with van der Waals surface area (Å²) < 4.78 is 6.64. The first-order valence-corrected chi connectivity index (χ1v) is 6.08. The lowest BCUT2D eigenvalue weighted by molar-refractivity contribution is 0.0775. The Bertz CT molecular complexity index is 665. The van der Waals surface area contributed by atoms with Gasteiger partial charge in [-0.3, -0.25) is 9.48 Å². The van der Waals surface area contributed by atoms with E-state index in [-0.39, 0.29) is 18.2 Å². The molecule has 2 heterocycles. The van der Waals surface area contributed by atoms with E-state index in [0.29, 0.717) is 17.0 Å². The van der Waals surface area contributed by atoms with Gasteiger partial charge in [-0.1, -0.05) is 5.16 Å². The van der Waals surface area contributed by atoms with Crippen molar-refractivity contribution in [1.29, 1.82) is 0 Å². The number of methoxy groups -OCH3 is 1. The zero-order chi connectivity index (χ0) is 15.2. The van der Waals surface area contributed by atoms with E-state index in [2.05, 4.69) is 15.2 Å². The molecule has 0 radical (unpaired) electrons. The summed E-state index contributed by atoms with van der Waals surface area (Å²) >= 11 is 0. The molecular formula is C13H15N5O3. The molecule has 2 aromatic heterocycles. The molecule has 0 aliphatic carbocycles.